The number of carbonyl (C=O) groups excluding carboxylic acids is 1. The van der Waals surface area contributed by atoms with E-state index in [1.807, 2.05) is 0 Å². The summed E-state index contributed by atoms with van der Waals surface area (Å²) in [5, 5.41) is 6.12. The second kappa shape index (κ2) is 7.42. The van der Waals surface area contributed by atoms with Gasteiger partial charge in [-0.2, -0.15) is 5.10 Å². The van der Waals surface area contributed by atoms with Gasteiger partial charge >= 0.3 is 0 Å². The quantitative estimate of drug-likeness (QED) is 0.610. The number of thiazole rings is 1. The van der Waals surface area contributed by atoms with Crippen LogP contribution in [0.3, 0.4) is 0 Å². The van der Waals surface area contributed by atoms with E-state index in [9.17, 15) is 18.0 Å². The first-order valence-corrected chi connectivity index (χ1v) is 10.2. The molecule has 12 heteroatoms. The van der Waals surface area contributed by atoms with E-state index in [0.29, 0.717) is 23.9 Å². The average Bonchev–Trinajstić information content (AvgIpc) is 3.21. The fourth-order valence-electron chi connectivity index (χ4n) is 3.35. The zero-order chi connectivity index (χ0) is 20.9. The first-order chi connectivity index (χ1) is 13.7. The van der Waals surface area contributed by atoms with E-state index >= 15 is 0 Å². The summed E-state index contributed by atoms with van der Waals surface area (Å²) >= 11 is 12.9. The Labute approximate surface area is 176 Å². The lowest BCUT2D eigenvalue weighted by atomic mass is 9.87. The van der Waals surface area contributed by atoms with Crippen molar-refractivity contribution in [1.82, 2.24) is 19.9 Å². The van der Waals surface area contributed by atoms with Gasteiger partial charge in [-0.25, -0.2) is 22.7 Å². The first-order valence-electron chi connectivity index (χ1n) is 8.61. The van der Waals surface area contributed by atoms with Gasteiger partial charge in [0.15, 0.2) is 10.8 Å². The molecule has 1 amide bonds. The van der Waals surface area contributed by atoms with Gasteiger partial charge in [-0.1, -0.05) is 34.5 Å². The molecule has 3 aromatic rings. The SMILES string of the molecule is NC1CCCC(F)(F)C1NC(=O)c1nc(-c2cnn3cc(F)c(Cl)cc23)c(Cl)s1. The van der Waals surface area contributed by atoms with Crippen LogP contribution in [0.25, 0.3) is 16.8 Å². The van der Waals surface area contributed by atoms with Gasteiger partial charge in [0.05, 0.1) is 22.9 Å². The van der Waals surface area contributed by atoms with Crippen LogP contribution in [-0.2, 0) is 0 Å². The molecular formula is C17H14Cl2F3N5OS. The summed E-state index contributed by atoms with van der Waals surface area (Å²) in [6.45, 7) is 0. The number of nitrogens with one attached hydrogen (secondary N) is 1. The first kappa shape index (κ1) is 20.4. The van der Waals surface area contributed by atoms with Crippen molar-refractivity contribution in [2.45, 2.75) is 37.3 Å². The van der Waals surface area contributed by atoms with Gasteiger partial charge in [0.2, 0.25) is 0 Å². The van der Waals surface area contributed by atoms with E-state index in [4.69, 9.17) is 28.9 Å². The molecule has 2 atom stereocenters. The van der Waals surface area contributed by atoms with Crippen LogP contribution in [-0.4, -0.2) is 38.5 Å². The van der Waals surface area contributed by atoms with Crippen LogP contribution in [0.4, 0.5) is 13.2 Å². The van der Waals surface area contributed by atoms with E-state index in [0.717, 1.165) is 17.5 Å². The molecule has 1 aliphatic rings. The molecule has 3 N–H and O–H groups in total. The molecule has 0 saturated heterocycles. The molecule has 0 aromatic carbocycles. The fourth-order valence-corrected chi connectivity index (χ4v) is 4.57. The highest BCUT2D eigenvalue weighted by molar-refractivity contribution is 7.18. The van der Waals surface area contributed by atoms with Gasteiger partial charge in [-0.15, -0.1) is 0 Å². The van der Waals surface area contributed by atoms with Crippen molar-refractivity contribution >= 4 is 46.0 Å². The number of carbonyl (C=O) groups is 1. The standard InChI is InChI=1S/C17H14Cl2F3N5OS/c18-8-4-11-7(5-24-27(11)6-9(8)20)12-14(19)29-16(25-12)15(28)26-13-10(23)2-1-3-17(13,21)22/h4-6,10,13H,1-3,23H2,(H,26,28). The molecule has 154 valence electrons. The van der Waals surface area contributed by atoms with Crippen molar-refractivity contribution in [3.63, 3.8) is 0 Å². The van der Waals surface area contributed by atoms with Gasteiger partial charge in [0, 0.05) is 18.0 Å². The lowest BCUT2D eigenvalue weighted by molar-refractivity contribution is -0.0674. The molecule has 0 bridgehead atoms. The Kier molecular flexibility index (Phi) is 5.22. The number of rotatable bonds is 3. The predicted molar refractivity (Wildman–Crippen MR) is 104 cm³/mol. The minimum Gasteiger partial charge on any atom is -0.340 e. The van der Waals surface area contributed by atoms with E-state index in [1.54, 1.807) is 0 Å². The number of aromatic nitrogens is 3. The van der Waals surface area contributed by atoms with Crippen molar-refractivity contribution < 1.29 is 18.0 Å². The van der Waals surface area contributed by atoms with Crippen molar-refractivity contribution in [2.75, 3.05) is 0 Å². The minimum absolute atomic E-state index is 0.0915. The number of alkyl halides is 2. The maximum absolute atomic E-state index is 14.2. The van der Waals surface area contributed by atoms with Crippen LogP contribution in [0.2, 0.25) is 9.36 Å². The van der Waals surface area contributed by atoms with Crippen LogP contribution in [0.1, 0.15) is 29.1 Å². The molecular weight excluding hydrogens is 450 g/mol. The highest BCUT2D eigenvalue weighted by Gasteiger charge is 2.46. The van der Waals surface area contributed by atoms with Gasteiger partial charge in [-0.05, 0) is 18.9 Å². The van der Waals surface area contributed by atoms with Gasteiger partial charge in [0.1, 0.15) is 16.1 Å². The third-order valence-electron chi connectivity index (χ3n) is 4.81. The zero-order valence-electron chi connectivity index (χ0n) is 14.6. The van der Waals surface area contributed by atoms with E-state index in [2.05, 4.69) is 15.4 Å². The molecule has 3 aromatic heterocycles. The number of pyridine rings is 1. The Balaban J connectivity index is 1.65. The summed E-state index contributed by atoms with van der Waals surface area (Å²) in [7, 11) is 0. The van der Waals surface area contributed by atoms with Crippen LogP contribution in [0.15, 0.2) is 18.5 Å². The molecule has 1 aliphatic carbocycles. The van der Waals surface area contributed by atoms with E-state index in [-0.39, 0.29) is 26.5 Å². The Hall–Kier alpha value is -1.88. The van der Waals surface area contributed by atoms with Crippen molar-refractivity contribution in [3.05, 3.63) is 38.6 Å². The Morgan fingerprint density at radius 2 is 2.17 bits per heavy atom. The number of halogens is 5. The maximum atomic E-state index is 14.2. The molecule has 0 radical (unpaired) electrons. The number of nitrogens with two attached hydrogens (primary N) is 1. The number of hydrogen-bond acceptors (Lipinski definition) is 5. The molecule has 6 nitrogen and oxygen atoms in total. The largest absolute Gasteiger partial charge is 0.340 e. The summed E-state index contributed by atoms with van der Waals surface area (Å²) in [5.74, 6) is -4.53. The molecule has 1 fully saturated rings. The van der Waals surface area contributed by atoms with Crippen LogP contribution in [0.5, 0.6) is 0 Å². The molecule has 2 unspecified atom stereocenters. The number of amides is 1. The normalized spacial score (nSPS) is 21.4. The molecule has 1 saturated carbocycles. The Bertz CT molecular complexity index is 1100. The van der Waals surface area contributed by atoms with E-state index < -0.39 is 29.7 Å². The number of fused-ring (bicyclic) bond motifs is 1. The zero-order valence-corrected chi connectivity index (χ0v) is 17.0. The van der Waals surface area contributed by atoms with Crippen LogP contribution >= 0.6 is 34.5 Å². The van der Waals surface area contributed by atoms with Crippen molar-refractivity contribution in [3.8, 4) is 11.3 Å². The molecule has 3 heterocycles. The third-order valence-corrected chi connectivity index (χ3v) is 6.36. The lowest BCUT2D eigenvalue weighted by Crippen LogP contribution is -2.59. The van der Waals surface area contributed by atoms with Gasteiger partial charge in [-0.3, -0.25) is 4.79 Å². The predicted octanol–water partition coefficient (Wildman–Crippen LogP) is 4.15. The summed E-state index contributed by atoms with van der Waals surface area (Å²) in [6, 6.07) is -0.973. The third kappa shape index (κ3) is 3.70. The highest BCUT2D eigenvalue weighted by Crippen LogP contribution is 2.37. The van der Waals surface area contributed by atoms with Gasteiger partial charge in [0.25, 0.3) is 11.8 Å². The summed E-state index contributed by atoms with van der Waals surface area (Å²) in [6.07, 6.45) is 2.85. The molecule has 29 heavy (non-hydrogen) atoms. The second-order valence-electron chi connectivity index (χ2n) is 6.77. The lowest BCUT2D eigenvalue weighted by Gasteiger charge is -2.36. The smallest absolute Gasteiger partial charge is 0.280 e. The Morgan fingerprint density at radius 1 is 1.41 bits per heavy atom. The highest BCUT2D eigenvalue weighted by atomic mass is 35.5. The molecule has 0 spiro atoms. The topological polar surface area (TPSA) is 85.3 Å². The van der Waals surface area contributed by atoms with Gasteiger partial charge < -0.3 is 11.1 Å². The summed E-state index contributed by atoms with van der Waals surface area (Å²) in [5.41, 5.74) is 6.86. The summed E-state index contributed by atoms with van der Waals surface area (Å²) in [4.78, 5) is 16.7. The molecule has 4 rings (SSSR count). The number of hydrogen-bond donors (Lipinski definition) is 2. The maximum Gasteiger partial charge on any atom is 0.280 e. The van der Waals surface area contributed by atoms with Crippen LogP contribution < -0.4 is 11.1 Å². The van der Waals surface area contributed by atoms with E-state index in [1.165, 1.54) is 16.8 Å². The fraction of sp³-hybridized carbons (Fsp3) is 0.353. The molecule has 0 aliphatic heterocycles. The van der Waals surface area contributed by atoms with Crippen molar-refractivity contribution in [2.24, 2.45) is 5.73 Å². The van der Waals surface area contributed by atoms with Crippen LogP contribution in [0, 0.1) is 5.82 Å². The Morgan fingerprint density at radius 3 is 2.90 bits per heavy atom. The number of nitrogens with zero attached hydrogens (tertiary/aromatic N) is 3. The van der Waals surface area contributed by atoms with Crippen molar-refractivity contribution in [1.29, 1.82) is 0 Å². The average molecular weight is 464 g/mol. The summed E-state index contributed by atoms with van der Waals surface area (Å²) < 4.78 is 43.3. The minimum atomic E-state index is -3.10. The monoisotopic (exact) mass is 463 g/mol. The second-order valence-corrected chi connectivity index (χ2v) is 8.78.